The van der Waals surface area contributed by atoms with Crippen LogP contribution in [0.3, 0.4) is 0 Å². The van der Waals surface area contributed by atoms with Crippen LogP contribution >= 0.6 is 0 Å². The predicted octanol–water partition coefficient (Wildman–Crippen LogP) is 8.68. The molecule has 0 saturated carbocycles. The Balaban J connectivity index is 1.47. The molecule has 0 aliphatic heterocycles. The van der Waals surface area contributed by atoms with Gasteiger partial charge in [-0.25, -0.2) is 4.98 Å². The maximum absolute atomic E-state index is 5.27. The van der Waals surface area contributed by atoms with Crippen LogP contribution in [0.4, 0.5) is 0 Å². The molecule has 1 aliphatic carbocycles. The first-order valence-electron chi connectivity index (χ1n) is 12.6. The van der Waals surface area contributed by atoms with E-state index in [4.69, 9.17) is 9.97 Å². The fourth-order valence-corrected chi connectivity index (χ4v) is 6.40. The Morgan fingerprint density at radius 1 is 0.514 bits per heavy atom. The van der Waals surface area contributed by atoms with Crippen molar-refractivity contribution in [2.45, 2.75) is 0 Å². The van der Waals surface area contributed by atoms with Crippen LogP contribution in [-0.4, -0.2) is 14.5 Å². The summed E-state index contributed by atoms with van der Waals surface area (Å²) in [7, 11) is 0. The molecule has 5 aromatic carbocycles. The number of hydrogen-bond acceptors (Lipinski definition) is 2. The average Bonchev–Trinajstić information content (AvgIpc) is 3.47. The van der Waals surface area contributed by atoms with E-state index in [1.807, 2.05) is 12.3 Å². The topological polar surface area (TPSA) is 30.7 Å². The van der Waals surface area contributed by atoms with E-state index < -0.39 is 0 Å². The zero-order chi connectivity index (χ0) is 24.1. The summed E-state index contributed by atoms with van der Waals surface area (Å²) in [5.41, 5.74) is 9.42. The molecule has 0 amide bonds. The standard InChI is InChI=1S/C34H19N3/c1-2-12-28-23(9-1)26-17-16-25-24-10-3-6-20-7-4-11-27(30(20)24)31(25)34(26)37(28)29-18-15-22-14-13-21-8-5-19-35-32(21)33(22)36-29/h1-19H. The highest BCUT2D eigenvalue weighted by molar-refractivity contribution is 6.24. The van der Waals surface area contributed by atoms with E-state index in [2.05, 4.69) is 108 Å². The minimum Gasteiger partial charge on any atom is -0.293 e. The van der Waals surface area contributed by atoms with Crippen molar-refractivity contribution >= 4 is 54.4 Å². The van der Waals surface area contributed by atoms with Gasteiger partial charge in [0, 0.05) is 33.3 Å². The van der Waals surface area contributed by atoms with Crippen molar-refractivity contribution in [1.82, 2.24) is 14.5 Å². The quantitative estimate of drug-likeness (QED) is 0.225. The number of fused-ring (bicyclic) bond motifs is 10. The summed E-state index contributed by atoms with van der Waals surface area (Å²) in [6, 6.07) is 39.2. The Morgan fingerprint density at radius 3 is 2.22 bits per heavy atom. The molecule has 1 aliphatic rings. The van der Waals surface area contributed by atoms with Crippen molar-refractivity contribution in [3.05, 3.63) is 115 Å². The molecule has 0 spiro atoms. The summed E-state index contributed by atoms with van der Waals surface area (Å²) in [6.07, 6.45) is 1.85. The summed E-state index contributed by atoms with van der Waals surface area (Å²) >= 11 is 0. The van der Waals surface area contributed by atoms with Gasteiger partial charge < -0.3 is 0 Å². The Bertz CT molecular complexity index is 2250. The molecule has 9 rings (SSSR count). The van der Waals surface area contributed by atoms with Crippen LogP contribution in [0.15, 0.2) is 115 Å². The van der Waals surface area contributed by atoms with E-state index in [0.29, 0.717) is 0 Å². The molecule has 0 bridgehead atoms. The molecule has 3 nitrogen and oxygen atoms in total. The molecule has 37 heavy (non-hydrogen) atoms. The maximum Gasteiger partial charge on any atom is 0.138 e. The second kappa shape index (κ2) is 6.80. The smallest absolute Gasteiger partial charge is 0.138 e. The zero-order valence-electron chi connectivity index (χ0n) is 19.8. The van der Waals surface area contributed by atoms with Crippen LogP contribution in [-0.2, 0) is 0 Å². The average molecular weight is 470 g/mol. The van der Waals surface area contributed by atoms with Gasteiger partial charge in [-0.2, -0.15) is 0 Å². The number of benzene rings is 5. The lowest BCUT2D eigenvalue weighted by molar-refractivity contribution is 1.10. The molecule has 3 aromatic heterocycles. The Labute approximate surface area is 212 Å². The van der Waals surface area contributed by atoms with Crippen molar-refractivity contribution in [3.63, 3.8) is 0 Å². The van der Waals surface area contributed by atoms with E-state index in [9.17, 15) is 0 Å². The number of nitrogens with zero attached hydrogens (tertiary/aromatic N) is 3. The summed E-state index contributed by atoms with van der Waals surface area (Å²) in [4.78, 5) is 9.97. The molecular formula is C34H19N3. The monoisotopic (exact) mass is 469 g/mol. The molecule has 0 radical (unpaired) electrons. The largest absolute Gasteiger partial charge is 0.293 e. The van der Waals surface area contributed by atoms with E-state index in [1.54, 1.807) is 0 Å². The lowest BCUT2D eigenvalue weighted by atomic mass is 10.0. The molecule has 3 heteroatoms. The first kappa shape index (κ1) is 19.2. The normalized spacial score (nSPS) is 12.3. The zero-order valence-corrected chi connectivity index (χ0v) is 19.8. The molecular weight excluding hydrogens is 450 g/mol. The molecule has 0 atom stereocenters. The molecule has 3 heterocycles. The Morgan fingerprint density at radius 2 is 1.30 bits per heavy atom. The van der Waals surface area contributed by atoms with Crippen molar-refractivity contribution in [2.75, 3.05) is 0 Å². The van der Waals surface area contributed by atoms with Gasteiger partial charge in [0.2, 0.25) is 0 Å². The van der Waals surface area contributed by atoms with Gasteiger partial charge >= 0.3 is 0 Å². The molecule has 0 N–H and O–H groups in total. The van der Waals surface area contributed by atoms with E-state index in [0.717, 1.165) is 33.1 Å². The molecule has 8 aromatic rings. The fourth-order valence-electron chi connectivity index (χ4n) is 6.40. The number of rotatable bonds is 1. The number of para-hydroxylation sites is 1. The summed E-state index contributed by atoms with van der Waals surface area (Å²) in [5, 5.41) is 7.30. The molecule has 170 valence electrons. The van der Waals surface area contributed by atoms with Crippen LogP contribution in [0, 0.1) is 0 Å². The van der Waals surface area contributed by atoms with Crippen LogP contribution in [0.1, 0.15) is 0 Å². The third-order valence-corrected chi connectivity index (χ3v) is 7.95. The van der Waals surface area contributed by atoms with Crippen LogP contribution in [0.25, 0.3) is 82.5 Å². The van der Waals surface area contributed by atoms with Gasteiger partial charge in [-0.1, -0.05) is 84.9 Å². The Hall–Kier alpha value is -5.02. The van der Waals surface area contributed by atoms with Gasteiger partial charge in [-0.3, -0.25) is 9.55 Å². The SMILES string of the molecule is c1cc2c3c(cccc3c1)-c1c-2ccc2c3ccccc3n(-c3ccc4ccc5cccnc5c4n3)c12. The molecule has 0 fully saturated rings. The van der Waals surface area contributed by atoms with Crippen LogP contribution in [0.5, 0.6) is 0 Å². The predicted molar refractivity (Wildman–Crippen MR) is 153 cm³/mol. The van der Waals surface area contributed by atoms with Gasteiger partial charge in [-0.15, -0.1) is 0 Å². The van der Waals surface area contributed by atoms with Crippen LogP contribution < -0.4 is 0 Å². The first-order chi connectivity index (χ1) is 18.4. The van der Waals surface area contributed by atoms with Crippen LogP contribution in [0.2, 0.25) is 0 Å². The van der Waals surface area contributed by atoms with Crippen molar-refractivity contribution in [3.8, 4) is 28.1 Å². The van der Waals surface area contributed by atoms with E-state index in [1.165, 1.54) is 49.3 Å². The van der Waals surface area contributed by atoms with Crippen molar-refractivity contribution < 1.29 is 0 Å². The van der Waals surface area contributed by atoms with Gasteiger partial charge in [0.1, 0.15) is 5.82 Å². The van der Waals surface area contributed by atoms with Gasteiger partial charge in [-0.05, 0) is 51.7 Å². The van der Waals surface area contributed by atoms with Gasteiger partial charge in [0.15, 0.2) is 0 Å². The van der Waals surface area contributed by atoms with E-state index >= 15 is 0 Å². The second-order valence-corrected chi connectivity index (χ2v) is 9.83. The van der Waals surface area contributed by atoms with Gasteiger partial charge in [0.05, 0.1) is 22.1 Å². The summed E-state index contributed by atoms with van der Waals surface area (Å²) in [5.74, 6) is 0.911. The molecule has 0 unspecified atom stereocenters. The lowest BCUT2D eigenvalue weighted by Gasteiger charge is -2.12. The highest BCUT2D eigenvalue weighted by Crippen LogP contribution is 2.51. The number of aromatic nitrogens is 3. The molecule has 0 saturated heterocycles. The van der Waals surface area contributed by atoms with Gasteiger partial charge in [0.25, 0.3) is 0 Å². The van der Waals surface area contributed by atoms with E-state index in [-0.39, 0.29) is 0 Å². The Kier molecular flexibility index (Phi) is 3.53. The summed E-state index contributed by atoms with van der Waals surface area (Å²) < 4.78 is 2.36. The maximum atomic E-state index is 5.27. The highest BCUT2D eigenvalue weighted by atomic mass is 15.1. The first-order valence-corrected chi connectivity index (χ1v) is 12.6. The van der Waals surface area contributed by atoms with Crippen molar-refractivity contribution in [2.24, 2.45) is 0 Å². The number of hydrogen-bond donors (Lipinski definition) is 0. The summed E-state index contributed by atoms with van der Waals surface area (Å²) in [6.45, 7) is 0. The third-order valence-electron chi connectivity index (χ3n) is 7.95. The van der Waals surface area contributed by atoms with Crippen molar-refractivity contribution in [1.29, 1.82) is 0 Å². The lowest BCUT2D eigenvalue weighted by Crippen LogP contribution is -1.99. The third kappa shape index (κ3) is 2.41. The minimum atomic E-state index is 0.911. The minimum absolute atomic E-state index is 0.911. The fraction of sp³-hybridized carbons (Fsp3) is 0. The highest BCUT2D eigenvalue weighted by Gasteiger charge is 2.27. The second-order valence-electron chi connectivity index (χ2n) is 9.83. The number of pyridine rings is 2.